The van der Waals surface area contributed by atoms with E-state index in [0.717, 1.165) is 21.9 Å². The second-order valence-corrected chi connectivity index (χ2v) is 16.6. The van der Waals surface area contributed by atoms with Crippen molar-refractivity contribution in [1.82, 2.24) is 0 Å². The van der Waals surface area contributed by atoms with Crippen molar-refractivity contribution in [3.05, 3.63) is 194 Å². The molecular formula is C56H32OS. The Kier molecular flexibility index (Phi) is 6.66. The van der Waals surface area contributed by atoms with Crippen molar-refractivity contribution in [3.8, 4) is 33.4 Å². The minimum absolute atomic E-state index is 0.910. The van der Waals surface area contributed by atoms with E-state index in [9.17, 15) is 0 Å². The predicted molar refractivity (Wildman–Crippen MR) is 250 cm³/mol. The van der Waals surface area contributed by atoms with Gasteiger partial charge in [-0.3, -0.25) is 0 Å². The van der Waals surface area contributed by atoms with Crippen LogP contribution in [0.15, 0.2) is 199 Å². The first-order valence-electron chi connectivity index (χ1n) is 19.9. The van der Waals surface area contributed by atoms with Gasteiger partial charge in [0, 0.05) is 36.3 Å². The molecule has 0 aliphatic heterocycles. The van der Waals surface area contributed by atoms with Crippen molar-refractivity contribution < 1.29 is 4.42 Å². The highest BCUT2D eigenvalue weighted by molar-refractivity contribution is 7.25. The second kappa shape index (κ2) is 12.1. The summed E-state index contributed by atoms with van der Waals surface area (Å²) in [6.45, 7) is 0. The minimum Gasteiger partial charge on any atom is -0.455 e. The molecule has 0 spiro atoms. The van der Waals surface area contributed by atoms with E-state index >= 15 is 0 Å². The highest BCUT2D eigenvalue weighted by Crippen LogP contribution is 2.47. The number of rotatable bonds is 3. The van der Waals surface area contributed by atoms with Crippen molar-refractivity contribution >= 4 is 107 Å². The van der Waals surface area contributed by atoms with Gasteiger partial charge in [-0.1, -0.05) is 152 Å². The van der Waals surface area contributed by atoms with E-state index in [1.165, 1.54) is 107 Å². The molecule has 11 aromatic carbocycles. The maximum Gasteiger partial charge on any atom is 0.143 e. The molecule has 0 radical (unpaired) electrons. The van der Waals surface area contributed by atoms with E-state index in [0.29, 0.717) is 0 Å². The lowest BCUT2D eigenvalue weighted by Crippen LogP contribution is -1.90. The summed E-state index contributed by atoms with van der Waals surface area (Å²) in [6, 6.07) is 71.4. The molecular weight excluding hydrogens is 721 g/mol. The van der Waals surface area contributed by atoms with E-state index in [2.05, 4.69) is 194 Å². The van der Waals surface area contributed by atoms with Crippen molar-refractivity contribution in [2.24, 2.45) is 0 Å². The highest BCUT2D eigenvalue weighted by Gasteiger charge is 2.19. The number of fused-ring (bicyclic) bond motifs is 15. The summed E-state index contributed by atoms with van der Waals surface area (Å²) < 4.78 is 9.38. The lowest BCUT2D eigenvalue weighted by Gasteiger charge is -2.17. The van der Waals surface area contributed by atoms with Gasteiger partial charge in [0.2, 0.25) is 0 Å². The summed E-state index contributed by atoms with van der Waals surface area (Å²) in [5, 5.41) is 17.4. The Hall–Kier alpha value is -7.26. The minimum atomic E-state index is 0.910. The molecule has 0 amide bonds. The molecule has 0 unspecified atom stereocenters. The highest BCUT2D eigenvalue weighted by atomic mass is 32.1. The first-order chi connectivity index (χ1) is 28.8. The average molecular weight is 753 g/mol. The molecule has 0 atom stereocenters. The standard InChI is InChI=1S/C56H32OS/c1-2-12-33(13-3-1)53-41-18-8-10-20-43(41)54(44-21-11-9-19-42(44)53)36-24-29-52-49(32-36)48-31-35(23-28-51(48)58-52)34-22-27-50-47(30-34)46-26-25-45-39-16-5-4-14-37(39)38-15-6-7-17-40(38)55(45)56(46)57-50/h1-32H. The quantitative estimate of drug-likeness (QED) is 0.129. The van der Waals surface area contributed by atoms with Gasteiger partial charge in [-0.2, -0.15) is 0 Å². The Morgan fingerprint density at radius 2 is 0.707 bits per heavy atom. The molecule has 2 heterocycles. The second-order valence-electron chi connectivity index (χ2n) is 15.5. The monoisotopic (exact) mass is 752 g/mol. The summed E-state index contributed by atoms with van der Waals surface area (Å²) in [4.78, 5) is 0. The van der Waals surface area contributed by atoms with Crippen LogP contribution < -0.4 is 0 Å². The van der Waals surface area contributed by atoms with Crippen LogP contribution in [-0.2, 0) is 0 Å². The van der Waals surface area contributed by atoms with Gasteiger partial charge < -0.3 is 4.42 Å². The van der Waals surface area contributed by atoms with Crippen LogP contribution in [0.3, 0.4) is 0 Å². The molecule has 2 aromatic heterocycles. The Labute approximate surface area is 337 Å². The van der Waals surface area contributed by atoms with Crippen LogP contribution in [0.5, 0.6) is 0 Å². The number of thiophene rings is 1. The SMILES string of the molecule is c1ccc(-c2c3ccccc3c(-c3ccc4sc5ccc(-c6ccc7oc8c(ccc9c%10ccccc%10c%10ccccc%10c98)c7c6)cc5c4c3)c3ccccc23)cc1. The van der Waals surface area contributed by atoms with Crippen molar-refractivity contribution in [2.45, 2.75) is 0 Å². The Balaban J connectivity index is 0.993. The number of hydrogen-bond acceptors (Lipinski definition) is 2. The molecule has 0 saturated carbocycles. The third-order valence-electron chi connectivity index (χ3n) is 12.4. The fourth-order valence-corrected chi connectivity index (χ4v) is 10.9. The van der Waals surface area contributed by atoms with Crippen molar-refractivity contribution in [1.29, 1.82) is 0 Å². The summed E-state index contributed by atoms with van der Waals surface area (Å²) >= 11 is 1.87. The van der Waals surface area contributed by atoms with Crippen LogP contribution in [0, 0.1) is 0 Å². The van der Waals surface area contributed by atoms with Gasteiger partial charge in [0.1, 0.15) is 11.2 Å². The lowest BCUT2D eigenvalue weighted by atomic mass is 9.86. The number of benzene rings is 11. The summed E-state index contributed by atoms with van der Waals surface area (Å²) in [6.07, 6.45) is 0. The predicted octanol–water partition coefficient (Wildman–Crippen LogP) is 16.7. The maximum atomic E-state index is 6.78. The molecule has 0 fully saturated rings. The Bertz CT molecular complexity index is 3760. The summed E-state index contributed by atoms with van der Waals surface area (Å²) in [5.74, 6) is 0. The van der Waals surface area contributed by atoms with Gasteiger partial charge in [-0.25, -0.2) is 0 Å². The fourth-order valence-electron chi connectivity index (χ4n) is 9.87. The van der Waals surface area contributed by atoms with Gasteiger partial charge in [-0.05, 0) is 124 Å². The first-order valence-corrected chi connectivity index (χ1v) is 20.7. The molecule has 268 valence electrons. The zero-order valence-electron chi connectivity index (χ0n) is 31.3. The summed E-state index contributed by atoms with van der Waals surface area (Å²) in [5.41, 5.74) is 9.31. The van der Waals surface area contributed by atoms with Gasteiger partial charge in [0.15, 0.2) is 0 Å². The molecule has 0 aliphatic carbocycles. The molecule has 0 saturated heterocycles. The smallest absolute Gasteiger partial charge is 0.143 e. The molecule has 58 heavy (non-hydrogen) atoms. The summed E-state index contributed by atoms with van der Waals surface area (Å²) in [7, 11) is 0. The van der Waals surface area contributed by atoms with Crippen LogP contribution in [0.4, 0.5) is 0 Å². The fraction of sp³-hybridized carbons (Fsp3) is 0. The molecule has 1 nitrogen and oxygen atoms in total. The third-order valence-corrected chi connectivity index (χ3v) is 13.6. The van der Waals surface area contributed by atoms with Crippen LogP contribution in [0.2, 0.25) is 0 Å². The van der Waals surface area contributed by atoms with E-state index in [1.54, 1.807) is 0 Å². The van der Waals surface area contributed by atoms with E-state index in [-0.39, 0.29) is 0 Å². The largest absolute Gasteiger partial charge is 0.455 e. The lowest BCUT2D eigenvalue weighted by molar-refractivity contribution is 0.673. The zero-order chi connectivity index (χ0) is 37.9. The molecule has 0 N–H and O–H groups in total. The van der Waals surface area contributed by atoms with E-state index in [1.807, 2.05) is 11.3 Å². The Morgan fingerprint density at radius 3 is 1.33 bits per heavy atom. The molecule has 0 aliphatic rings. The van der Waals surface area contributed by atoms with Gasteiger partial charge in [0.25, 0.3) is 0 Å². The van der Waals surface area contributed by atoms with Gasteiger partial charge >= 0.3 is 0 Å². The van der Waals surface area contributed by atoms with Crippen molar-refractivity contribution in [3.63, 3.8) is 0 Å². The topological polar surface area (TPSA) is 13.1 Å². The Morgan fingerprint density at radius 1 is 0.276 bits per heavy atom. The molecule has 13 rings (SSSR count). The van der Waals surface area contributed by atoms with Gasteiger partial charge in [-0.15, -0.1) is 11.3 Å². The normalized spacial score (nSPS) is 12.1. The third kappa shape index (κ3) is 4.52. The van der Waals surface area contributed by atoms with Crippen LogP contribution in [0.25, 0.3) is 129 Å². The zero-order valence-corrected chi connectivity index (χ0v) is 32.1. The van der Waals surface area contributed by atoms with E-state index < -0.39 is 0 Å². The van der Waals surface area contributed by atoms with Crippen LogP contribution in [0.1, 0.15) is 0 Å². The van der Waals surface area contributed by atoms with E-state index in [4.69, 9.17) is 4.42 Å². The van der Waals surface area contributed by atoms with Crippen LogP contribution in [-0.4, -0.2) is 0 Å². The van der Waals surface area contributed by atoms with Crippen LogP contribution >= 0.6 is 11.3 Å². The molecule has 2 heteroatoms. The van der Waals surface area contributed by atoms with Crippen molar-refractivity contribution in [2.75, 3.05) is 0 Å². The molecule has 0 bridgehead atoms. The average Bonchev–Trinajstić information content (AvgIpc) is 3.85. The number of furan rings is 1. The first kappa shape index (κ1) is 31.9. The number of hydrogen-bond donors (Lipinski definition) is 0. The maximum absolute atomic E-state index is 6.78. The molecule has 13 aromatic rings. The van der Waals surface area contributed by atoms with Gasteiger partial charge in [0.05, 0.1) is 0 Å².